The van der Waals surface area contributed by atoms with Crippen molar-refractivity contribution in [2.45, 2.75) is 18.9 Å². The fourth-order valence-corrected chi connectivity index (χ4v) is 4.05. The van der Waals surface area contributed by atoms with Gasteiger partial charge in [-0.3, -0.25) is 9.59 Å². The summed E-state index contributed by atoms with van der Waals surface area (Å²) in [6, 6.07) is 13.2. The van der Waals surface area contributed by atoms with Crippen molar-refractivity contribution in [3.8, 4) is 11.3 Å². The average molecular weight is 381 g/mol. The Bertz CT molecular complexity index is 921. The van der Waals surface area contributed by atoms with Gasteiger partial charge >= 0.3 is 0 Å². The fourth-order valence-electron chi connectivity index (χ4n) is 3.35. The number of hydrogen-bond acceptors (Lipinski definition) is 5. The van der Waals surface area contributed by atoms with Gasteiger partial charge in [-0.1, -0.05) is 35.5 Å². The number of thiophene rings is 1. The third-order valence-electron chi connectivity index (χ3n) is 4.70. The summed E-state index contributed by atoms with van der Waals surface area (Å²) in [7, 11) is 0. The van der Waals surface area contributed by atoms with E-state index in [-0.39, 0.29) is 24.2 Å². The first-order valence-corrected chi connectivity index (χ1v) is 9.78. The second-order valence-electron chi connectivity index (χ2n) is 6.43. The number of amides is 2. The quantitative estimate of drug-likeness (QED) is 0.734. The molecular formula is C20H19N3O3S. The van der Waals surface area contributed by atoms with Crippen LogP contribution in [0.1, 0.15) is 34.9 Å². The molecule has 0 bridgehead atoms. The number of carbonyl (C=O) groups excluding carboxylic acids is 2. The van der Waals surface area contributed by atoms with Crippen molar-refractivity contribution in [2.24, 2.45) is 0 Å². The number of nitrogens with one attached hydrogen (secondary N) is 1. The largest absolute Gasteiger partial charge is 0.355 e. The summed E-state index contributed by atoms with van der Waals surface area (Å²) in [5, 5.41) is 10.6. The maximum atomic E-state index is 12.6. The van der Waals surface area contributed by atoms with Crippen LogP contribution in [0, 0.1) is 0 Å². The number of aromatic nitrogens is 1. The minimum Gasteiger partial charge on any atom is -0.355 e. The highest BCUT2D eigenvalue weighted by Gasteiger charge is 2.30. The Morgan fingerprint density at radius 3 is 2.89 bits per heavy atom. The van der Waals surface area contributed by atoms with Crippen LogP contribution in [0.15, 0.2) is 57.7 Å². The van der Waals surface area contributed by atoms with E-state index in [0.717, 1.165) is 24.9 Å². The summed E-state index contributed by atoms with van der Waals surface area (Å²) in [6.45, 7) is 0.671. The van der Waals surface area contributed by atoms with E-state index < -0.39 is 5.91 Å². The molecule has 0 aliphatic carbocycles. The molecule has 138 valence electrons. The van der Waals surface area contributed by atoms with Crippen LogP contribution >= 0.6 is 11.3 Å². The molecule has 0 spiro atoms. The second kappa shape index (κ2) is 7.75. The molecule has 1 aliphatic rings. The Labute approximate surface area is 160 Å². The minimum absolute atomic E-state index is 0.0486. The maximum Gasteiger partial charge on any atom is 0.273 e. The standard InChI is InChI=1S/C20H19N3O3S/c24-19(23-9-4-7-17(23)15-8-10-27-13-15)12-21-20(25)16-11-18(26-22-16)14-5-2-1-3-6-14/h1-3,5-6,8,10-11,13,17H,4,7,9,12H2,(H,21,25). The molecule has 1 fully saturated rings. The lowest BCUT2D eigenvalue weighted by Gasteiger charge is -2.24. The molecule has 1 unspecified atom stereocenters. The summed E-state index contributed by atoms with van der Waals surface area (Å²) in [4.78, 5) is 26.7. The van der Waals surface area contributed by atoms with Gasteiger partial charge in [-0.25, -0.2) is 0 Å². The Morgan fingerprint density at radius 1 is 1.26 bits per heavy atom. The van der Waals surface area contributed by atoms with E-state index in [1.54, 1.807) is 17.4 Å². The molecule has 1 saturated heterocycles. The van der Waals surface area contributed by atoms with Crippen molar-refractivity contribution in [2.75, 3.05) is 13.1 Å². The van der Waals surface area contributed by atoms with Crippen LogP contribution in [-0.2, 0) is 4.79 Å². The van der Waals surface area contributed by atoms with Crippen molar-refractivity contribution < 1.29 is 14.1 Å². The average Bonchev–Trinajstić information content (AvgIpc) is 3.47. The van der Waals surface area contributed by atoms with E-state index in [0.29, 0.717) is 5.76 Å². The molecule has 2 aromatic heterocycles. The Kier molecular flexibility index (Phi) is 5.02. The van der Waals surface area contributed by atoms with E-state index in [9.17, 15) is 9.59 Å². The molecule has 0 radical (unpaired) electrons. The van der Waals surface area contributed by atoms with Crippen LogP contribution in [0.3, 0.4) is 0 Å². The van der Waals surface area contributed by atoms with Gasteiger partial charge in [-0.2, -0.15) is 11.3 Å². The van der Waals surface area contributed by atoms with Crippen molar-refractivity contribution in [3.05, 3.63) is 64.5 Å². The Hall–Kier alpha value is -2.93. The van der Waals surface area contributed by atoms with Crippen LogP contribution in [0.4, 0.5) is 0 Å². The molecular weight excluding hydrogens is 362 g/mol. The Balaban J connectivity index is 1.36. The SMILES string of the molecule is O=C(NCC(=O)N1CCCC1c1ccsc1)c1cc(-c2ccccc2)on1. The summed E-state index contributed by atoms with van der Waals surface area (Å²) in [5.41, 5.74) is 2.18. The van der Waals surface area contributed by atoms with Crippen molar-refractivity contribution in [3.63, 3.8) is 0 Å². The number of likely N-dealkylation sites (tertiary alicyclic amines) is 1. The van der Waals surface area contributed by atoms with E-state index >= 15 is 0 Å². The number of carbonyl (C=O) groups is 2. The van der Waals surface area contributed by atoms with Gasteiger partial charge in [-0.15, -0.1) is 0 Å². The number of benzene rings is 1. The van der Waals surface area contributed by atoms with E-state index in [1.807, 2.05) is 40.6 Å². The summed E-state index contributed by atoms with van der Waals surface area (Å²) >= 11 is 1.63. The lowest BCUT2D eigenvalue weighted by molar-refractivity contribution is -0.131. The molecule has 1 atom stereocenters. The van der Waals surface area contributed by atoms with Crippen molar-refractivity contribution >= 4 is 23.2 Å². The first kappa shape index (κ1) is 17.5. The topological polar surface area (TPSA) is 75.4 Å². The van der Waals surface area contributed by atoms with Gasteiger partial charge in [0.15, 0.2) is 11.5 Å². The van der Waals surface area contributed by atoms with Gasteiger partial charge in [0.2, 0.25) is 5.91 Å². The first-order valence-electron chi connectivity index (χ1n) is 8.84. The predicted molar refractivity (Wildman–Crippen MR) is 102 cm³/mol. The highest BCUT2D eigenvalue weighted by molar-refractivity contribution is 7.08. The lowest BCUT2D eigenvalue weighted by atomic mass is 10.1. The smallest absolute Gasteiger partial charge is 0.273 e. The summed E-state index contributed by atoms with van der Waals surface area (Å²) < 4.78 is 5.24. The van der Waals surface area contributed by atoms with Gasteiger partial charge in [0, 0.05) is 18.2 Å². The Morgan fingerprint density at radius 2 is 2.11 bits per heavy atom. The highest BCUT2D eigenvalue weighted by Crippen LogP contribution is 2.32. The van der Waals surface area contributed by atoms with Gasteiger partial charge < -0.3 is 14.7 Å². The number of hydrogen-bond donors (Lipinski definition) is 1. The van der Waals surface area contributed by atoms with Gasteiger partial charge in [0.05, 0.1) is 12.6 Å². The molecule has 3 aromatic rings. The van der Waals surface area contributed by atoms with Gasteiger partial charge in [0.25, 0.3) is 5.91 Å². The molecule has 7 heteroatoms. The first-order chi connectivity index (χ1) is 13.2. The fraction of sp³-hybridized carbons (Fsp3) is 0.250. The molecule has 2 amide bonds. The van der Waals surface area contributed by atoms with Crippen LogP contribution < -0.4 is 5.32 Å². The summed E-state index contributed by atoms with van der Waals surface area (Å²) in [5.74, 6) is 0.0218. The van der Waals surface area contributed by atoms with Crippen LogP contribution in [0.2, 0.25) is 0 Å². The van der Waals surface area contributed by atoms with E-state index in [1.165, 1.54) is 5.56 Å². The zero-order chi connectivity index (χ0) is 18.6. The number of nitrogens with zero attached hydrogens (tertiary/aromatic N) is 2. The molecule has 1 aliphatic heterocycles. The maximum absolute atomic E-state index is 12.6. The normalized spacial score (nSPS) is 16.4. The third kappa shape index (κ3) is 3.78. The molecule has 27 heavy (non-hydrogen) atoms. The van der Waals surface area contributed by atoms with Crippen molar-refractivity contribution in [1.82, 2.24) is 15.4 Å². The highest BCUT2D eigenvalue weighted by atomic mass is 32.1. The molecule has 1 N–H and O–H groups in total. The number of rotatable bonds is 5. The third-order valence-corrected chi connectivity index (χ3v) is 5.40. The second-order valence-corrected chi connectivity index (χ2v) is 7.21. The van der Waals surface area contributed by atoms with Gasteiger partial charge in [0.1, 0.15) is 0 Å². The van der Waals surface area contributed by atoms with E-state index in [2.05, 4.69) is 21.9 Å². The lowest BCUT2D eigenvalue weighted by Crippen LogP contribution is -2.39. The predicted octanol–water partition coefficient (Wildman–Crippen LogP) is 3.50. The summed E-state index contributed by atoms with van der Waals surface area (Å²) in [6.07, 6.45) is 1.93. The minimum atomic E-state index is -0.416. The molecule has 3 heterocycles. The van der Waals surface area contributed by atoms with Crippen LogP contribution in [0.5, 0.6) is 0 Å². The van der Waals surface area contributed by atoms with Crippen LogP contribution in [0.25, 0.3) is 11.3 Å². The zero-order valence-corrected chi connectivity index (χ0v) is 15.4. The van der Waals surface area contributed by atoms with Gasteiger partial charge in [-0.05, 0) is 35.2 Å². The molecule has 1 aromatic carbocycles. The molecule has 6 nitrogen and oxygen atoms in total. The van der Waals surface area contributed by atoms with Crippen molar-refractivity contribution in [1.29, 1.82) is 0 Å². The zero-order valence-electron chi connectivity index (χ0n) is 14.6. The molecule has 4 rings (SSSR count). The van der Waals surface area contributed by atoms with Crippen LogP contribution in [-0.4, -0.2) is 35.0 Å². The van der Waals surface area contributed by atoms with E-state index in [4.69, 9.17) is 4.52 Å². The monoisotopic (exact) mass is 381 g/mol. The molecule has 0 saturated carbocycles.